The molecular weight excluding hydrogens is 328 g/mol. The molecule has 1 fully saturated rings. The highest BCUT2D eigenvalue weighted by Crippen LogP contribution is 2.28. The third-order valence-corrected chi connectivity index (χ3v) is 4.50. The second-order valence-corrected chi connectivity index (χ2v) is 6.16. The molecule has 5 nitrogen and oxygen atoms in total. The predicted octanol–water partition coefficient (Wildman–Crippen LogP) is 3.30. The average Bonchev–Trinajstić information content (AvgIpc) is 2.90. The molecule has 0 aliphatic carbocycles. The molecule has 1 saturated heterocycles. The zero-order valence-corrected chi connectivity index (χ0v) is 13.3. The van der Waals surface area contributed by atoms with Crippen LogP contribution in [0.25, 0.3) is 10.9 Å². The smallest absolute Gasteiger partial charge is 0.337 e. The molecular formula is C18H23ClN2O3. The molecule has 3 rings (SSSR count). The van der Waals surface area contributed by atoms with Crippen molar-refractivity contribution in [3.8, 4) is 0 Å². The van der Waals surface area contributed by atoms with Crippen LogP contribution in [-0.2, 0) is 6.54 Å². The molecule has 2 atom stereocenters. The first-order chi connectivity index (χ1) is 11.1. The minimum Gasteiger partial charge on any atom is -0.478 e. The van der Waals surface area contributed by atoms with Crippen LogP contribution in [0.5, 0.6) is 0 Å². The number of para-hydroxylation sites is 1. The number of aromatic carboxylic acids is 1. The average molecular weight is 351 g/mol. The van der Waals surface area contributed by atoms with Gasteiger partial charge in [-0.15, -0.1) is 0 Å². The summed E-state index contributed by atoms with van der Waals surface area (Å²) in [6, 6.07) is 5.21. The van der Waals surface area contributed by atoms with Gasteiger partial charge in [0, 0.05) is 18.1 Å². The molecule has 2 heterocycles. The van der Waals surface area contributed by atoms with Crippen molar-refractivity contribution in [1.82, 2.24) is 9.88 Å². The molecule has 0 bridgehead atoms. The topological polar surface area (TPSA) is 74.5 Å². The van der Waals surface area contributed by atoms with Crippen molar-refractivity contribution >= 4 is 28.5 Å². The second-order valence-electron chi connectivity index (χ2n) is 5.75. The Kier molecular flexibility index (Phi) is 6.04. The largest absolute Gasteiger partial charge is 0.478 e. The molecule has 0 amide bonds. The van der Waals surface area contributed by atoms with Gasteiger partial charge in [0.15, 0.2) is 0 Å². The number of nitrogens with zero attached hydrogens (tertiary/aromatic N) is 1. The lowest BCUT2D eigenvalue weighted by Crippen LogP contribution is -2.43. The predicted molar refractivity (Wildman–Crippen MR) is 96.8 cm³/mol. The number of aliphatic hydroxyl groups is 1. The van der Waals surface area contributed by atoms with Crippen LogP contribution in [-0.4, -0.2) is 39.4 Å². The van der Waals surface area contributed by atoms with Crippen molar-refractivity contribution in [2.75, 3.05) is 6.54 Å². The van der Waals surface area contributed by atoms with Crippen molar-refractivity contribution in [2.45, 2.75) is 39.0 Å². The maximum absolute atomic E-state index is 11.4. The monoisotopic (exact) mass is 350 g/mol. The number of rotatable bonds is 4. The van der Waals surface area contributed by atoms with Gasteiger partial charge in [-0.05, 0) is 25.5 Å². The van der Waals surface area contributed by atoms with E-state index in [9.17, 15) is 15.0 Å². The molecule has 2 aromatic rings. The first kappa shape index (κ1) is 18.5. The van der Waals surface area contributed by atoms with E-state index in [1.807, 2.05) is 16.7 Å². The maximum atomic E-state index is 11.4. The highest BCUT2D eigenvalue weighted by molar-refractivity contribution is 6.35. The second kappa shape index (κ2) is 7.83. The van der Waals surface area contributed by atoms with E-state index in [1.165, 1.54) is 0 Å². The molecule has 6 heteroatoms. The van der Waals surface area contributed by atoms with Gasteiger partial charge in [0.2, 0.25) is 0 Å². The number of nitrogens with one attached hydrogen (secondary N) is 1. The van der Waals surface area contributed by atoms with Gasteiger partial charge in [-0.1, -0.05) is 43.3 Å². The van der Waals surface area contributed by atoms with Crippen LogP contribution < -0.4 is 5.32 Å². The van der Waals surface area contributed by atoms with Gasteiger partial charge in [-0.2, -0.15) is 0 Å². The zero-order valence-electron chi connectivity index (χ0n) is 12.6. The van der Waals surface area contributed by atoms with Gasteiger partial charge in [-0.25, -0.2) is 4.79 Å². The van der Waals surface area contributed by atoms with E-state index in [4.69, 9.17) is 11.6 Å². The molecule has 0 radical (unpaired) electrons. The van der Waals surface area contributed by atoms with Crippen LogP contribution in [0.2, 0.25) is 5.02 Å². The number of allylic oxidation sites excluding steroid dienone is 1. The lowest BCUT2D eigenvalue weighted by atomic mass is 10.0. The standard InChI is InChI=1S/C17H19ClN2O3.CH4/c18-13-5-1-4-11-12(17(22)23)10-20(16(11)13)9-3-6-14-15(21)7-2-8-19-14;/h1,3-6,10,14-15,19,21H,2,7-9H2,(H,22,23);1H4/b6-3+;/t14-,15+;/m1./s1. The molecule has 0 spiro atoms. The summed E-state index contributed by atoms with van der Waals surface area (Å²) in [5.74, 6) is -0.968. The summed E-state index contributed by atoms with van der Waals surface area (Å²) in [6.45, 7) is 1.39. The molecule has 0 saturated carbocycles. The molecule has 1 aromatic carbocycles. The van der Waals surface area contributed by atoms with E-state index in [0.29, 0.717) is 22.5 Å². The summed E-state index contributed by atoms with van der Waals surface area (Å²) in [4.78, 5) is 11.4. The van der Waals surface area contributed by atoms with E-state index in [0.717, 1.165) is 19.4 Å². The molecule has 1 aromatic heterocycles. The fourth-order valence-corrected chi connectivity index (χ4v) is 3.32. The lowest BCUT2D eigenvalue weighted by molar-refractivity contribution is 0.0699. The number of carbonyl (C=O) groups is 1. The number of carboxylic acids is 1. The molecule has 24 heavy (non-hydrogen) atoms. The van der Waals surface area contributed by atoms with Gasteiger partial charge in [0.1, 0.15) is 0 Å². The summed E-state index contributed by atoms with van der Waals surface area (Å²) in [6.07, 6.45) is 6.87. The zero-order chi connectivity index (χ0) is 16.4. The van der Waals surface area contributed by atoms with Gasteiger partial charge < -0.3 is 20.1 Å². The van der Waals surface area contributed by atoms with Crippen molar-refractivity contribution in [1.29, 1.82) is 0 Å². The number of aliphatic hydroxyl groups excluding tert-OH is 1. The molecule has 1 aliphatic heterocycles. The lowest BCUT2D eigenvalue weighted by Gasteiger charge is -2.26. The Balaban J connectivity index is 0.00000208. The maximum Gasteiger partial charge on any atom is 0.337 e. The van der Waals surface area contributed by atoms with Crippen LogP contribution in [0, 0.1) is 0 Å². The van der Waals surface area contributed by atoms with E-state index in [2.05, 4.69) is 5.32 Å². The fraction of sp³-hybridized carbons (Fsp3) is 0.389. The highest BCUT2D eigenvalue weighted by atomic mass is 35.5. The Morgan fingerprint density at radius 2 is 2.25 bits per heavy atom. The molecule has 3 N–H and O–H groups in total. The van der Waals surface area contributed by atoms with Gasteiger partial charge in [0.05, 0.1) is 28.2 Å². The minimum absolute atomic E-state index is 0. The quantitative estimate of drug-likeness (QED) is 0.740. The van der Waals surface area contributed by atoms with Crippen molar-refractivity contribution in [2.24, 2.45) is 0 Å². The number of hydrogen-bond acceptors (Lipinski definition) is 3. The Morgan fingerprint density at radius 3 is 2.96 bits per heavy atom. The molecule has 1 aliphatic rings. The summed E-state index contributed by atoms with van der Waals surface area (Å²) in [5, 5.41) is 23.7. The third kappa shape index (κ3) is 3.64. The first-order valence-electron chi connectivity index (χ1n) is 7.66. The van der Waals surface area contributed by atoms with Crippen molar-refractivity contribution in [3.05, 3.63) is 47.1 Å². The number of aromatic nitrogens is 1. The number of benzene rings is 1. The minimum atomic E-state index is -0.968. The fourth-order valence-electron chi connectivity index (χ4n) is 3.04. The van der Waals surface area contributed by atoms with E-state index >= 15 is 0 Å². The van der Waals surface area contributed by atoms with Crippen LogP contribution in [0.1, 0.15) is 30.6 Å². The van der Waals surface area contributed by atoms with Crippen molar-refractivity contribution in [3.63, 3.8) is 0 Å². The van der Waals surface area contributed by atoms with Crippen LogP contribution in [0.15, 0.2) is 36.5 Å². The Hall–Kier alpha value is -1.82. The summed E-state index contributed by atoms with van der Waals surface area (Å²) >= 11 is 6.24. The van der Waals surface area contributed by atoms with Crippen LogP contribution in [0.3, 0.4) is 0 Å². The Morgan fingerprint density at radius 1 is 1.46 bits per heavy atom. The van der Waals surface area contributed by atoms with Gasteiger partial charge >= 0.3 is 5.97 Å². The molecule has 130 valence electrons. The van der Waals surface area contributed by atoms with Crippen molar-refractivity contribution < 1.29 is 15.0 Å². The van der Waals surface area contributed by atoms with Crippen LogP contribution in [0.4, 0.5) is 0 Å². The summed E-state index contributed by atoms with van der Waals surface area (Å²) in [7, 11) is 0. The SMILES string of the molecule is C.O=C(O)c1cn(C/C=C/[C@H]2NCCC[C@@H]2O)c2c(Cl)cccc12. The van der Waals surface area contributed by atoms with E-state index in [1.54, 1.807) is 24.4 Å². The number of hydrogen-bond donors (Lipinski definition) is 3. The number of piperidine rings is 1. The molecule has 0 unspecified atom stereocenters. The summed E-state index contributed by atoms with van der Waals surface area (Å²) in [5.41, 5.74) is 0.958. The van der Waals surface area contributed by atoms with E-state index in [-0.39, 0.29) is 25.1 Å². The van der Waals surface area contributed by atoms with E-state index < -0.39 is 5.97 Å². The summed E-state index contributed by atoms with van der Waals surface area (Å²) < 4.78 is 1.83. The number of fused-ring (bicyclic) bond motifs is 1. The van der Waals surface area contributed by atoms with Gasteiger partial charge in [-0.3, -0.25) is 0 Å². The van der Waals surface area contributed by atoms with Crippen LogP contribution >= 0.6 is 11.6 Å². The Bertz CT molecular complexity index is 754. The highest BCUT2D eigenvalue weighted by Gasteiger charge is 2.19. The Labute approximate surface area is 146 Å². The first-order valence-corrected chi connectivity index (χ1v) is 8.04. The number of carboxylic acid groups (broad SMARTS) is 1. The normalized spacial score (nSPS) is 21.1. The number of halogens is 1. The van der Waals surface area contributed by atoms with Gasteiger partial charge in [0.25, 0.3) is 0 Å². The third-order valence-electron chi connectivity index (χ3n) is 4.20.